The Hall–Kier alpha value is -2.31. The monoisotopic (exact) mass is 298 g/mol. The van der Waals surface area contributed by atoms with E-state index in [9.17, 15) is 14.0 Å². The SMILES string of the molecule is CC[C@H](C)[C@H](NC(=O)Nc1ccc(F)c(OC)c1)C(=O)O. The zero-order valence-electron chi connectivity index (χ0n) is 12.1. The van der Waals surface area contributed by atoms with Crippen LogP contribution >= 0.6 is 0 Å². The third-order valence-corrected chi connectivity index (χ3v) is 3.17. The maximum absolute atomic E-state index is 13.2. The first-order valence-electron chi connectivity index (χ1n) is 6.52. The van der Waals surface area contributed by atoms with E-state index in [1.807, 2.05) is 6.92 Å². The molecule has 0 bridgehead atoms. The molecule has 1 rings (SSSR count). The minimum absolute atomic E-state index is 0.00971. The topological polar surface area (TPSA) is 87.7 Å². The van der Waals surface area contributed by atoms with Crippen LogP contribution in [0.25, 0.3) is 0 Å². The van der Waals surface area contributed by atoms with Crippen molar-refractivity contribution in [2.45, 2.75) is 26.3 Å². The molecule has 0 aliphatic rings. The molecule has 0 saturated carbocycles. The van der Waals surface area contributed by atoms with E-state index in [1.165, 1.54) is 19.2 Å². The molecular formula is C14H19FN2O4. The highest BCUT2D eigenvalue weighted by molar-refractivity contribution is 5.92. The van der Waals surface area contributed by atoms with E-state index >= 15 is 0 Å². The number of aliphatic carboxylic acids is 1. The zero-order valence-corrected chi connectivity index (χ0v) is 12.1. The number of carboxylic acids is 1. The molecule has 21 heavy (non-hydrogen) atoms. The number of carbonyl (C=O) groups is 2. The van der Waals surface area contributed by atoms with Crippen molar-refractivity contribution in [1.82, 2.24) is 5.32 Å². The number of ether oxygens (including phenoxy) is 1. The summed E-state index contributed by atoms with van der Waals surface area (Å²) in [4.78, 5) is 22.9. The van der Waals surface area contributed by atoms with Gasteiger partial charge in [-0.2, -0.15) is 0 Å². The second kappa shape index (κ2) is 7.47. The van der Waals surface area contributed by atoms with Crippen LogP contribution in [-0.4, -0.2) is 30.3 Å². The van der Waals surface area contributed by atoms with Gasteiger partial charge in [-0.25, -0.2) is 14.0 Å². The van der Waals surface area contributed by atoms with Gasteiger partial charge in [0, 0.05) is 11.8 Å². The lowest BCUT2D eigenvalue weighted by atomic mass is 9.99. The number of nitrogens with one attached hydrogen (secondary N) is 2. The Labute approximate surface area is 122 Å². The lowest BCUT2D eigenvalue weighted by Gasteiger charge is -2.20. The van der Waals surface area contributed by atoms with Gasteiger partial charge in [-0.3, -0.25) is 0 Å². The number of rotatable bonds is 6. The molecule has 0 aliphatic heterocycles. The zero-order chi connectivity index (χ0) is 16.0. The molecule has 2 atom stereocenters. The van der Waals surface area contributed by atoms with Crippen molar-refractivity contribution in [3.05, 3.63) is 24.0 Å². The highest BCUT2D eigenvalue weighted by Crippen LogP contribution is 2.21. The number of carbonyl (C=O) groups excluding carboxylic acids is 1. The lowest BCUT2D eigenvalue weighted by Crippen LogP contribution is -2.46. The molecule has 3 N–H and O–H groups in total. The second-order valence-corrected chi connectivity index (χ2v) is 4.65. The molecular weight excluding hydrogens is 279 g/mol. The molecule has 0 heterocycles. The Morgan fingerprint density at radius 3 is 2.62 bits per heavy atom. The number of halogens is 1. The van der Waals surface area contributed by atoms with Crippen molar-refractivity contribution in [1.29, 1.82) is 0 Å². The smallest absolute Gasteiger partial charge is 0.326 e. The molecule has 0 saturated heterocycles. The summed E-state index contributed by atoms with van der Waals surface area (Å²) >= 11 is 0. The van der Waals surface area contributed by atoms with Gasteiger partial charge < -0.3 is 20.5 Å². The van der Waals surface area contributed by atoms with E-state index in [0.29, 0.717) is 12.1 Å². The summed E-state index contributed by atoms with van der Waals surface area (Å²) in [5, 5.41) is 13.9. The molecule has 6 nitrogen and oxygen atoms in total. The maximum Gasteiger partial charge on any atom is 0.326 e. The van der Waals surface area contributed by atoms with E-state index in [4.69, 9.17) is 9.84 Å². The predicted octanol–water partition coefficient (Wildman–Crippen LogP) is 2.46. The summed E-state index contributed by atoms with van der Waals surface area (Å²) in [7, 11) is 1.31. The van der Waals surface area contributed by atoms with Gasteiger partial charge in [0.25, 0.3) is 0 Å². The summed E-state index contributed by atoms with van der Waals surface area (Å²) in [6.07, 6.45) is 0.613. The molecule has 0 spiro atoms. The van der Waals surface area contributed by atoms with Gasteiger partial charge in [-0.15, -0.1) is 0 Å². The number of amides is 2. The van der Waals surface area contributed by atoms with E-state index in [0.717, 1.165) is 6.07 Å². The van der Waals surface area contributed by atoms with Crippen LogP contribution in [0.4, 0.5) is 14.9 Å². The Bertz CT molecular complexity index is 522. The molecule has 116 valence electrons. The Balaban J connectivity index is 2.74. The quantitative estimate of drug-likeness (QED) is 0.752. The molecule has 2 amide bonds. The average Bonchev–Trinajstić information content (AvgIpc) is 2.45. The third kappa shape index (κ3) is 4.62. The van der Waals surface area contributed by atoms with Crippen molar-refractivity contribution in [2.75, 3.05) is 12.4 Å². The number of methoxy groups -OCH3 is 1. The largest absolute Gasteiger partial charge is 0.494 e. The molecule has 7 heteroatoms. The van der Waals surface area contributed by atoms with Crippen LogP contribution in [0.5, 0.6) is 5.75 Å². The Morgan fingerprint density at radius 2 is 2.10 bits per heavy atom. The predicted molar refractivity (Wildman–Crippen MR) is 76.0 cm³/mol. The summed E-state index contributed by atoms with van der Waals surface area (Å²) in [5.41, 5.74) is 0.305. The van der Waals surface area contributed by atoms with Crippen molar-refractivity contribution in [2.24, 2.45) is 5.92 Å². The lowest BCUT2D eigenvalue weighted by molar-refractivity contribution is -0.140. The van der Waals surface area contributed by atoms with Gasteiger partial charge in [0.05, 0.1) is 7.11 Å². The normalized spacial score (nSPS) is 13.1. The van der Waals surface area contributed by atoms with Crippen molar-refractivity contribution in [3.63, 3.8) is 0 Å². The van der Waals surface area contributed by atoms with E-state index in [-0.39, 0.29) is 11.7 Å². The van der Waals surface area contributed by atoms with Crippen LogP contribution in [0.2, 0.25) is 0 Å². The van der Waals surface area contributed by atoms with Crippen LogP contribution in [0.1, 0.15) is 20.3 Å². The van der Waals surface area contributed by atoms with Gasteiger partial charge in [-0.1, -0.05) is 20.3 Å². The van der Waals surface area contributed by atoms with Crippen LogP contribution < -0.4 is 15.4 Å². The van der Waals surface area contributed by atoms with Crippen LogP contribution in [0, 0.1) is 11.7 Å². The van der Waals surface area contributed by atoms with Gasteiger partial charge in [0.15, 0.2) is 11.6 Å². The van der Waals surface area contributed by atoms with Crippen LogP contribution in [0.15, 0.2) is 18.2 Å². The van der Waals surface area contributed by atoms with Crippen molar-refractivity contribution < 1.29 is 23.8 Å². The number of anilines is 1. The first-order chi connectivity index (χ1) is 9.88. The summed E-state index contributed by atoms with van der Waals surface area (Å²) in [6, 6.07) is 2.16. The standard InChI is InChI=1S/C14H19FN2O4/c1-4-8(2)12(13(18)19)17-14(20)16-9-5-6-10(15)11(7-9)21-3/h5-8,12H,4H2,1-3H3,(H,18,19)(H2,16,17,20)/t8-,12-/m0/s1. The number of hydrogen-bond donors (Lipinski definition) is 3. The highest BCUT2D eigenvalue weighted by Gasteiger charge is 2.25. The van der Waals surface area contributed by atoms with Gasteiger partial charge in [0.1, 0.15) is 6.04 Å². The van der Waals surface area contributed by atoms with Crippen molar-refractivity contribution in [3.8, 4) is 5.75 Å². The number of urea groups is 1. The Kier molecular flexibility index (Phi) is 5.95. The number of hydrogen-bond acceptors (Lipinski definition) is 3. The molecule has 0 aliphatic carbocycles. The first kappa shape index (κ1) is 16.7. The minimum Gasteiger partial charge on any atom is -0.494 e. The summed E-state index contributed by atoms with van der Waals surface area (Å²) in [5.74, 6) is -1.87. The molecule has 0 radical (unpaired) electrons. The molecule has 0 unspecified atom stereocenters. The van der Waals surface area contributed by atoms with E-state index in [1.54, 1.807) is 6.92 Å². The first-order valence-corrected chi connectivity index (χ1v) is 6.52. The van der Waals surface area contributed by atoms with Gasteiger partial charge >= 0.3 is 12.0 Å². The van der Waals surface area contributed by atoms with Crippen molar-refractivity contribution >= 4 is 17.7 Å². The molecule has 0 aromatic heterocycles. The van der Waals surface area contributed by atoms with E-state index in [2.05, 4.69) is 10.6 Å². The molecule has 1 aromatic carbocycles. The fourth-order valence-corrected chi connectivity index (χ4v) is 1.73. The van der Waals surface area contributed by atoms with Crippen LogP contribution in [-0.2, 0) is 4.79 Å². The Morgan fingerprint density at radius 1 is 1.43 bits per heavy atom. The summed E-state index contributed by atoms with van der Waals surface area (Å²) in [6.45, 7) is 3.57. The van der Waals surface area contributed by atoms with Gasteiger partial charge in [-0.05, 0) is 18.1 Å². The number of benzene rings is 1. The summed E-state index contributed by atoms with van der Waals surface area (Å²) < 4.78 is 18.0. The molecule has 1 aromatic rings. The minimum atomic E-state index is -1.10. The van der Waals surface area contributed by atoms with E-state index < -0.39 is 23.9 Å². The number of carboxylic acid groups (broad SMARTS) is 1. The highest BCUT2D eigenvalue weighted by atomic mass is 19.1. The van der Waals surface area contributed by atoms with Crippen LogP contribution in [0.3, 0.4) is 0 Å². The third-order valence-electron chi connectivity index (χ3n) is 3.17. The van der Waals surface area contributed by atoms with Gasteiger partial charge in [0.2, 0.25) is 0 Å². The fraction of sp³-hybridized carbons (Fsp3) is 0.429. The second-order valence-electron chi connectivity index (χ2n) is 4.65. The fourth-order valence-electron chi connectivity index (χ4n) is 1.73. The molecule has 0 fully saturated rings. The average molecular weight is 298 g/mol. The maximum atomic E-state index is 13.2.